The number of ether oxygens (including phenoxy) is 1. The standard InChI is InChI=1S/C16H25NO/c1-3-5-6-7-11-18-16-10-9-14(13-17)12-15(16)8-4-2/h4,9-10,12H,2-3,5-8,11,13,17H2,1H3. The van der Waals surface area contributed by atoms with Gasteiger partial charge in [0.1, 0.15) is 5.75 Å². The molecule has 0 fully saturated rings. The minimum atomic E-state index is 0.570. The van der Waals surface area contributed by atoms with Gasteiger partial charge >= 0.3 is 0 Å². The highest BCUT2D eigenvalue weighted by Gasteiger charge is 2.03. The molecule has 0 saturated carbocycles. The van der Waals surface area contributed by atoms with E-state index >= 15 is 0 Å². The summed E-state index contributed by atoms with van der Waals surface area (Å²) in [6.45, 7) is 7.37. The lowest BCUT2D eigenvalue weighted by Crippen LogP contribution is -2.02. The van der Waals surface area contributed by atoms with Crippen LogP contribution in [0.5, 0.6) is 5.75 Å². The van der Waals surface area contributed by atoms with E-state index in [0.717, 1.165) is 30.8 Å². The fourth-order valence-electron chi connectivity index (χ4n) is 1.93. The summed E-state index contributed by atoms with van der Waals surface area (Å²) in [5.74, 6) is 0.976. The van der Waals surface area contributed by atoms with Gasteiger partial charge in [-0.3, -0.25) is 0 Å². The summed E-state index contributed by atoms with van der Waals surface area (Å²) in [6, 6.07) is 6.18. The van der Waals surface area contributed by atoms with Crippen molar-refractivity contribution in [2.75, 3.05) is 6.61 Å². The number of unbranched alkanes of at least 4 members (excludes halogenated alkanes) is 3. The van der Waals surface area contributed by atoms with Gasteiger partial charge < -0.3 is 10.5 Å². The smallest absolute Gasteiger partial charge is 0.122 e. The van der Waals surface area contributed by atoms with E-state index in [1.807, 2.05) is 18.2 Å². The molecule has 18 heavy (non-hydrogen) atoms. The van der Waals surface area contributed by atoms with Crippen molar-refractivity contribution in [2.24, 2.45) is 5.73 Å². The summed E-state index contributed by atoms with van der Waals surface area (Å²) in [6.07, 6.45) is 7.65. The number of hydrogen-bond donors (Lipinski definition) is 1. The van der Waals surface area contributed by atoms with Crippen LogP contribution in [0.2, 0.25) is 0 Å². The predicted octanol–water partition coefficient (Wildman–Crippen LogP) is 3.83. The van der Waals surface area contributed by atoms with Gasteiger partial charge in [-0.2, -0.15) is 0 Å². The number of rotatable bonds is 9. The van der Waals surface area contributed by atoms with Gasteiger partial charge in [0, 0.05) is 6.54 Å². The van der Waals surface area contributed by atoms with Crippen LogP contribution in [0.15, 0.2) is 30.9 Å². The second-order valence-corrected chi connectivity index (χ2v) is 4.55. The highest BCUT2D eigenvalue weighted by molar-refractivity contribution is 5.38. The minimum Gasteiger partial charge on any atom is -0.493 e. The first-order chi connectivity index (χ1) is 8.81. The topological polar surface area (TPSA) is 35.2 Å². The molecule has 2 heteroatoms. The van der Waals surface area contributed by atoms with E-state index in [1.165, 1.54) is 24.8 Å². The first-order valence-corrected chi connectivity index (χ1v) is 6.87. The molecule has 2 N–H and O–H groups in total. The molecule has 2 nitrogen and oxygen atoms in total. The van der Waals surface area contributed by atoms with Crippen molar-refractivity contribution in [2.45, 2.75) is 45.6 Å². The molecular formula is C16H25NO. The molecule has 0 aliphatic heterocycles. The molecular weight excluding hydrogens is 222 g/mol. The van der Waals surface area contributed by atoms with Crippen molar-refractivity contribution in [1.82, 2.24) is 0 Å². The molecule has 0 aliphatic carbocycles. The second kappa shape index (κ2) is 8.76. The molecule has 0 heterocycles. The summed E-state index contributed by atoms with van der Waals surface area (Å²) in [5, 5.41) is 0. The van der Waals surface area contributed by atoms with E-state index in [9.17, 15) is 0 Å². The van der Waals surface area contributed by atoms with Crippen LogP contribution in [0.3, 0.4) is 0 Å². The second-order valence-electron chi connectivity index (χ2n) is 4.55. The normalized spacial score (nSPS) is 10.3. The van der Waals surface area contributed by atoms with Crippen molar-refractivity contribution < 1.29 is 4.74 Å². The Morgan fingerprint density at radius 2 is 2.11 bits per heavy atom. The quantitative estimate of drug-likeness (QED) is 0.531. The Morgan fingerprint density at radius 1 is 1.28 bits per heavy atom. The van der Waals surface area contributed by atoms with Gasteiger partial charge in [0.15, 0.2) is 0 Å². The third-order valence-corrected chi connectivity index (χ3v) is 2.98. The van der Waals surface area contributed by atoms with Gasteiger partial charge in [-0.1, -0.05) is 44.4 Å². The van der Waals surface area contributed by atoms with Crippen LogP contribution < -0.4 is 10.5 Å². The number of benzene rings is 1. The van der Waals surface area contributed by atoms with Gasteiger partial charge in [0.2, 0.25) is 0 Å². The molecule has 1 aromatic carbocycles. The lowest BCUT2D eigenvalue weighted by atomic mass is 10.1. The molecule has 0 radical (unpaired) electrons. The Balaban J connectivity index is 2.54. The van der Waals surface area contributed by atoms with Crippen LogP contribution in [0, 0.1) is 0 Å². The van der Waals surface area contributed by atoms with E-state index in [2.05, 4.69) is 19.6 Å². The minimum absolute atomic E-state index is 0.570. The van der Waals surface area contributed by atoms with E-state index < -0.39 is 0 Å². The first kappa shape index (κ1) is 14.8. The molecule has 0 atom stereocenters. The fourth-order valence-corrected chi connectivity index (χ4v) is 1.93. The summed E-state index contributed by atoms with van der Waals surface area (Å²) in [7, 11) is 0. The molecule has 0 spiro atoms. The van der Waals surface area contributed by atoms with E-state index in [-0.39, 0.29) is 0 Å². The Morgan fingerprint density at radius 3 is 2.78 bits per heavy atom. The third-order valence-electron chi connectivity index (χ3n) is 2.98. The zero-order valence-corrected chi connectivity index (χ0v) is 11.5. The zero-order chi connectivity index (χ0) is 13.2. The van der Waals surface area contributed by atoms with Crippen LogP contribution in [-0.4, -0.2) is 6.61 Å². The van der Waals surface area contributed by atoms with Gasteiger partial charge in [-0.15, -0.1) is 6.58 Å². The summed E-state index contributed by atoms with van der Waals surface area (Å²) >= 11 is 0. The predicted molar refractivity (Wildman–Crippen MR) is 77.9 cm³/mol. The average Bonchev–Trinajstić information content (AvgIpc) is 2.40. The monoisotopic (exact) mass is 247 g/mol. The highest BCUT2D eigenvalue weighted by atomic mass is 16.5. The summed E-state index contributed by atoms with van der Waals surface area (Å²) in [4.78, 5) is 0. The van der Waals surface area contributed by atoms with Crippen LogP contribution in [0.25, 0.3) is 0 Å². The molecule has 0 aliphatic rings. The Kier molecular flexibility index (Phi) is 7.19. The SMILES string of the molecule is C=CCc1cc(CN)ccc1OCCCCCC. The number of allylic oxidation sites excluding steroid dienone is 1. The highest BCUT2D eigenvalue weighted by Crippen LogP contribution is 2.21. The lowest BCUT2D eigenvalue weighted by Gasteiger charge is -2.11. The summed E-state index contributed by atoms with van der Waals surface area (Å²) in [5.41, 5.74) is 7.98. The molecule has 0 saturated heterocycles. The Labute approximate surface area is 111 Å². The first-order valence-electron chi connectivity index (χ1n) is 6.87. The largest absolute Gasteiger partial charge is 0.493 e. The third kappa shape index (κ3) is 4.92. The van der Waals surface area contributed by atoms with E-state index in [4.69, 9.17) is 10.5 Å². The van der Waals surface area contributed by atoms with Gasteiger partial charge in [-0.25, -0.2) is 0 Å². The fraction of sp³-hybridized carbons (Fsp3) is 0.500. The van der Waals surface area contributed by atoms with Crippen molar-refractivity contribution >= 4 is 0 Å². The molecule has 0 bridgehead atoms. The van der Waals surface area contributed by atoms with E-state index in [0.29, 0.717) is 6.54 Å². The lowest BCUT2D eigenvalue weighted by molar-refractivity contribution is 0.302. The van der Waals surface area contributed by atoms with Crippen LogP contribution in [-0.2, 0) is 13.0 Å². The maximum atomic E-state index is 5.85. The maximum absolute atomic E-state index is 5.85. The van der Waals surface area contributed by atoms with E-state index in [1.54, 1.807) is 0 Å². The van der Waals surface area contributed by atoms with Crippen LogP contribution in [0.4, 0.5) is 0 Å². The molecule has 0 unspecified atom stereocenters. The molecule has 1 rings (SSSR count). The van der Waals surface area contributed by atoms with Crippen molar-refractivity contribution in [3.63, 3.8) is 0 Å². The Bertz CT molecular complexity index is 360. The number of hydrogen-bond acceptors (Lipinski definition) is 2. The summed E-state index contributed by atoms with van der Waals surface area (Å²) < 4.78 is 5.85. The molecule has 1 aromatic rings. The van der Waals surface area contributed by atoms with Crippen LogP contribution >= 0.6 is 0 Å². The van der Waals surface area contributed by atoms with Gasteiger partial charge in [0.05, 0.1) is 6.61 Å². The average molecular weight is 247 g/mol. The zero-order valence-electron chi connectivity index (χ0n) is 11.5. The molecule has 100 valence electrons. The van der Waals surface area contributed by atoms with Crippen molar-refractivity contribution in [1.29, 1.82) is 0 Å². The van der Waals surface area contributed by atoms with Crippen molar-refractivity contribution in [3.05, 3.63) is 42.0 Å². The van der Waals surface area contributed by atoms with Gasteiger partial charge in [0.25, 0.3) is 0 Å². The van der Waals surface area contributed by atoms with Crippen LogP contribution in [0.1, 0.15) is 43.7 Å². The Hall–Kier alpha value is -1.28. The number of nitrogens with two attached hydrogens (primary N) is 1. The van der Waals surface area contributed by atoms with Crippen molar-refractivity contribution in [3.8, 4) is 5.75 Å². The maximum Gasteiger partial charge on any atom is 0.122 e. The molecule has 0 aromatic heterocycles. The molecule has 0 amide bonds. The van der Waals surface area contributed by atoms with Gasteiger partial charge in [-0.05, 0) is 30.0 Å².